The number of amides is 1. The first-order valence-corrected chi connectivity index (χ1v) is 10.2. The monoisotopic (exact) mass is 402 g/mol. The molecule has 0 aromatic heterocycles. The molecule has 1 saturated heterocycles. The number of anilines is 1. The van der Waals surface area contributed by atoms with Crippen molar-refractivity contribution in [3.63, 3.8) is 0 Å². The molecule has 0 saturated carbocycles. The van der Waals surface area contributed by atoms with Gasteiger partial charge in [-0.05, 0) is 41.8 Å². The van der Waals surface area contributed by atoms with Crippen molar-refractivity contribution in [1.82, 2.24) is 4.90 Å². The van der Waals surface area contributed by atoms with Crippen LogP contribution in [0.3, 0.4) is 0 Å². The van der Waals surface area contributed by atoms with Gasteiger partial charge in [0.25, 0.3) is 5.91 Å². The number of rotatable bonds is 5. The van der Waals surface area contributed by atoms with E-state index in [1.807, 2.05) is 53.4 Å². The summed E-state index contributed by atoms with van der Waals surface area (Å²) in [4.78, 5) is 17.2. The quantitative estimate of drug-likeness (QED) is 0.702. The number of phenols is 1. The normalized spacial score (nSPS) is 13.9. The van der Waals surface area contributed by atoms with Crippen LogP contribution in [0.2, 0.25) is 0 Å². The summed E-state index contributed by atoms with van der Waals surface area (Å²) in [6, 6.07) is 23.4. The van der Waals surface area contributed by atoms with E-state index in [0.29, 0.717) is 18.7 Å². The fourth-order valence-corrected chi connectivity index (χ4v) is 3.84. The third-order valence-electron chi connectivity index (χ3n) is 5.53. The third-order valence-corrected chi connectivity index (χ3v) is 5.53. The molecule has 1 N–H and O–H groups in total. The Hall–Kier alpha value is -3.47. The molecule has 1 aliphatic rings. The molecule has 3 aromatic rings. The van der Waals surface area contributed by atoms with Gasteiger partial charge in [0.05, 0.1) is 12.7 Å². The molecule has 0 radical (unpaired) electrons. The van der Waals surface area contributed by atoms with Crippen molar-refractivity contribution in [3.8, 4) is 11.5 Å². The Balaban J connectivity index is 1.44. The number of ether oxygens (including phenoxy) is 1. The molecule has 1 amide bonds. The summed E-state index contributed by atoms with van der Waals surface area (Å²) < 4.78 is 5.31. The average Bonchev–Trinajstić information content (AvgIpc) is 2.81. The molecule has 1 aliphatic heterocycles. The highest BCUT2D eigenvalue weighted by Crippen LogP contribution is 2.25. The van der Waals surface area contributed by atoms with E-state index in [1.165, 1.54) is 5.56 Å². The Morgan fingerprint density at radius 3 is 2.40 bits per heavy atom. The maximum Gasteiger partial charge on any atom is 0.257 e. The van der Waals surface area contributed by atoms with Gasteiger partial charge in [-0.25, -0.2) is 0 Å². The molecule has 0 atom stereocenters. The highest BCUT2D eigenvalue weighted by molar-refractivity contribution is 5.97. The molecular formula is C25H26N2O3. The number of aromatic hydroxyl groups is 1. The number of phenolic OH excluding ortho intramolecular Hbond substituents is 1. The summed E-state index contributed by atoms with van der Waals surface area (Å²) in [5, 5.41) is 10.3. The van der Waals surface area contributed by atoms with Gasteiger partial charge in [-0.1, -0.05) is 42.5 Å². The molecule has 5 heteroatoms. The maximum absolute atomic E-state index is 13.1. The number of carbonyl (C=O) groups excluding carboxylic acids is 1. The smallest absolute Gasteiger partial charge is 0.257 e. The van der Waals surface area contributed by atoms with Crippen molar-refractivity contribution in [1.29, 1.82) is 0 Å². The topological polar surface area (TPSA) is 53.0 Å². The van der Waals surface area contributed by atoms with Gasteiger partial charge in [-0.15, -0.1) is 0 Å². The number of methoxy groups -OCH3 is 1. The van der Waals surface area contributed by atoms with Crippen molar-refractivity contribution in [2.75, 3.05) is 38.2 Å². The Bertz CT molecular complexity index is 1010. The van der Waals surface area contributed by atoms with Crippen LogP contribution in [0, 0.1) is 0 Å². The molecule has 0 unspecified atom stereocenters. The van der Waals surface area contributed by atoms with Crippen molar-refractivity contribution in [3.05, 3.63) is 89.5 Å². The number of hydrogen-bond acceptors (Lipinski definition) is 4. The lowest BCUT2D eigenvalue weighted by atomic mass is 10.0. The fraction of sp³-hybridized carbons (Fsp3) is 0.240. The summed E-state index contributed by atoms with van der Waals surface area (Å²) in [5.74, 6) is 0.742. The predicted molar refractivity (Wildman–Crippen MR) is 118 cm³/mol. The molecule has 3 aromatic carbocycles. The molecule has 0 aliphatic carbocycles. The van der Waals surface area contributed by atoms with E-state index in [-0.39, 0.29) is 11.7 Å². The zero-order chi connectivity index (χ0) is 20.9. The minimum absolute atomic E-state index is 0.0343. The van der Waals surface area contributed by atoms with Gasteiger partial charge in [-0.2, -0.15) is 0 Å². The number of benzene rings is 3. The first-order chi connectivity index (χ1) is 14.6. The van der Waals surface area contributed by atoms with Gasteiger partial charge >= 0.3 is 0 Å². The van der Waals surface area contributed by atoms with Crippen molar-refractivity contribution >= 4 is 11.6 Å². The summed E-state index contributed by atoms with van der Waals surface area (Å²) in [6.45, 7) is 2.70. The van der Waals surface area contributed by atoms with Crippen LogP contribution in [0.15, 0.2) is 72.8 Å². The number of hydrogen-bond donors (Lipinski definition) is 1. The van der Waals surface area contributed by atoms with E-state index in [1.54, 1.807) is 13.2 Å². The Kier molecular flexibility index (Phi) is 5.89. The first-order valence-electron chi connectivity index (χ1n) is 10.2. The van der Waals surface area contributed by atoms with Gasteiger partial charge in [0.2, 0.25) is 0 Å². The van der Waals surface area contributed by atoms with E-state index in [9.17, 15) is 9.90 Å². The largest absolute Gasteiger partial charge is 0.507 e. The van der Waals surface area contributed by atoms with Crippen LogP contribution in [-0.4, -0.2) is 49.2 Å². The highest BCUT2D eigenvalue weighted by Gasteiger charge is 2.24. The average molecular weight is 402 g/mol. The Labute approximate surface area is 177 Å². The molecule has 0 bridgehead atoms. The molecule has 4 rings (SSSR count). The van der Waals surface area contributed by atoms with Crippen LogP contribution in [0.4, 0.5) is 5.69 Å². The van der Waals surface area contributed by atoms with Crippen LogP contribution >= 0.6 is 0 Å². The van der Waals surface area contributed by atoms with Gasteiger partial charge in [-0.3, -0.25) is 4.79 Å². The highest BCUT2D eigenvalue weighted by atomic mass is 16.5. The standard InChI is InChI=1S/C25H26N2O3/c1-30-22-9-5-8-21(18-22)26-12-14-27(15-13-26)25(29)23-17-20(10-11-24(23)28)16-19-6-3-2-4-7-19/h2-11,17-18,28H,12-16H2,1H3. The molecular weight excluding hydrogens is 376 g/mol. The number of nitrogens with zero attached hydrogens (tertiary/aromatic N) is 2. The third kappa shape index (κ3) is 4.40. The van der Waals surface area contributed by atoms with Crippen LogP contribution < -0.4 is 9.64 Å². The predicted octanol–water partition coefficient (Wildman–Crippen LogP) is 3.95. The first kappa shape index (κ1) is 19.8. The van der Waals surface area contributed by atoms with Crippen molar-refractivity contribution in [2.45, 2.75) is 6.42 Å². The van der Waals surface area contributed by atoms with Gasteiger partial charge in [0, 0.05) is 37.9 Å². The van der Waals surface area contributed by atoms with Gasteiger partial charge < -0.3 is 19.6 Å². The molecule has 0 spiro atoms. The van der Waals surface area contributed by atoms with E-state index in [0.717, 1.165) is 36.5 Å². The van der Waals surface area contributed by atoms with E-state index in [2.05, 4.69) is 23.1 Å². The lowest BCUT2D eigenvalue weighted by molar-refractivity contribution is 0.0743. The summed E-state index contributed by atoms with van der Waals surface area (Å²) in [7, 11) is 1.66. The van der Waals surface area contributed by atoms with Crippen molar-refractivity contribution in [2.24, 2.45) is 0 Å². The zero-order valence-corrected chi connectivity index (χ0v) is 17.1. The minimum atomic E-state index is -0.118. The number of carbonyl (C=O) groups is 1. The Morgan fingerprint density at radius 1 is 0.900 bits per heavy atom. The fourth-order valence-electron chi connectivity index (χ4n) is 3.84. The summed E-state index contributed by atoms with van der Waals surface area (Å²) in [5.41, 5.74) is 3.65. The van der Waals surface area contributed by atoms with Crippen LogP contribution in [0.25, 0.3) is 0 Å². The summed E-state index contributed by atoms with van der Waals surface area (Å²) >= 11 is 0. The summed E-state index contributed by atoms with van der Waals surface area (Å²) in [6.07, 6.45) is 0.727. The van der Waals surface area contributed by atoms with Crippen LogP contribution in [-0.2, 0) is 6.42 Å². The molecule has 1 fully saturated rings. The zero-order valence-electron chi connectivity index (χ0n) is 17.1. The van der Waals surface area contributed by atoms with Crippen molar-refractivity contribution < 1.29 is 14.6 Å². The molecule has 1 heterocycles. The second-order valence-corrected chi connectivity index (χ2v) is 7.49. The van der Waals surface area contributed by atoms with Gasteiger partial charge in [0.15, 0.2) is 0 Å². The molecule has 154 valence electrons. The van der Waals surface area contributed by atoms with E-state index < -0.39 is 0 Å². The maximum atomic E-state index is 13.1. The Morgan fingerprint density at radius 2 is 1.67 bits per heavy atom. The van der Waals surface area contributed by atoms with Crippen LogP contribution in [0.5, 0.6) is 11.5 Å². The van der Waals surface area contributed by atoms with Crippen LogP contribution in [0.1, 0.15) is 21.5 Å². The lowest BCUT2D eigenvalue weighted by Crippen LogP contribution is -2.48. The van der Waals surface area contributed by atoms with E-state index >= 15 is 0 Å². The van der Waals surface area contributed by atoms with Gasteiger partial charge in [0.1, 0.15) is 11.5 Å². The minimum Gasteiger partial charge on any atom is -0.507 e. The molecule has 30 heavy (non-hydrogen) atoms. The van der Waals surface area contributed by atoms with E-state index in [4.69, 9.17) is 4.74 Å². The second kappa shape index (κ2) is 8.91. The molecule has 5 nitrogen and oxygen atoms in total. The SMILES string of the molecule is COc1cccc(N2CCN(C(=O)c3cc(Cc4ccccc4)ccc3O)CC2)c1. The lowest BCUT2D eigenvalue weighted by Gasteiger charge is -2.36. The second-order valence-electron chi connectivity index (χ2n) is 7.49. The number of piperazine rings is 1.